The largest absolute Gasteiger partial charge is 0.505 e. The second kappa shape index (κ2) is 6.84. The van der Waals surface area contributed by atoms with E-state index < -0.39 is 17.6 Å². The SMILES string of the molecule is CN(CP)c1c2c(c(O)c3ncccc13)C(=O)N(Cc1ccc(F)cc1)C2=O. The van der Waals surface area contributed by atoms with E-state index in [9.17, 15) is 19.1 Å². The van der Waals surface area contributed by atoms with Crippen molar-refractivity contribution in [1.82, 2.24) is 9.88 Å². The van der Waals surface area contributed by atoms with Crippen molar-refractivity contribution in [3.05, 3.63) is 65.1 Å². The maximum atomic E-state index is 13.2. The van der Waals surface area contributed by atoms with Gasteiger partial charge in [-0.1, -0.05) is 12.1 Å². The molecule has 8 heteroatoms. The van der Waals surface area contributed by atoms with Crippen molar-refractivity contribution >= 4 is 37.6 Å². The van der Waals surface area contributed by atoms with Gasteiger partial charge in [0.25, 0.3) is 11.8 Å². The smallest absolute Gasteiger partial charge is 0.265 e. The van der Waals surface area contributed by atoms with Crippen molar-refractivity contribution in [2.45, 2.75) is 6.54 Å². The Bertz CT molecular complexity index is 1120. The highest BCUT2D eigenvalue weighted by Crippen LogP contribution is 2.44. The highest BCUT2D eigenvalue weighted by molar-refractivity contribution is 7.16. The van der Waals surface area contributed by atoms with Gasteiger partial charge in [-0.25, -0.2) is 4.39 Å². The van der Waals surface area contributed by atoms with Gasteiger partial charge in [0, 0.05) is 24.9 Å². The zero-order chi connectivity index (χ0) is 20.0. The Morgan fingerprint density at radius 3 is 2.50 bits per heavy atom. The number of hydrogen-bond acceptors (Lipinski definition) is 5. The number of carbonyl (C=O) groups is 2. The Labute approximate surface area is 162 Å². The molecule has 1 aromatic heterocycles. The number of imide groups is 1. The molecule has 0 fully saturated rings. The van der Waals surface area contributed by atoms with Gasteiger partial charge in [-0.2, -0.15) is 0 Å². The van der Waals surface area contributed by atoms with Gasteiger partial charge in [-0.3, -0.25) is 19.5 Å². The highest BCUT2D eigenvalue weighted by atomic mass is 31.0. The molecule has 0 aliphatic carbocycles. The van der Waals surface area contributed by atoms with Gasteiger partial charge in [0.1, 0.15) is 11.3 Å². The number of aromatic hydroxyl groups is 1. The molecule has 0 radical (unpaired) electrons. The van der Waals surface area contributed by atoms with Crippen molar-refractivity contribution in [3.63, 3.8) is 0 Å². The summed E-state index contributed by atoms with van der Waals surface area (Å²) >= 11 is 0. The maximum Gasteiger partial charge on any atom is 0.265 e. The van der Waals surface area contributed by atoms with Gasteiger partial charge < -0.3 is 10.0 Å². The minimum absolute atomic E-state index is 0.0140. The fourth-order valence-corrected chi connectivity index (χ4v) is 3.64. The van der Waals surface area contributed by atoms with Crippen LogP contribution in [0.1, 0.15) is 26.3 Å². The van der Waals surface area contributed by atoms with Gasteiger partial charge in [-0.15, -0.1) is 9.24 Å². The summed E-state index contributed by atoms with van der Waals surface area (Å²) in [5.74, 6) is -1.78. The summed E-state index contributed by atoms with van der Waals surface area (Å²) in [7, 11) is 4.37. The van der Waals surface area contributed by atoms with E-state index in [1.54, 1.807) is 19.2 Å². The van der Waals surface area contributed by atoms with E-state index in [-0.39, 0.29) is 28.9 Å². The molecule has 0 saturated carbocycles. The average molecular weight is 397 g/mol. The molecule has 6 nitrogen and oxygen atoms in total. The number of phenols is 1. The van der Waals surface area contributed by atoms with Crippen LogP contribution in [0.4, 0.5) is 10.1 Å². The number of pyridine rings is 1. The molecular weight excluding hydrogens is 380 g/mol. The molecule has 2 amide bonds. The standard InChI is InChI=1S/C20H17FN3O3P/c1-23(10-28)17-13-3-2-8-22-16(13)18(25)15-14(17)19(26)24(20(15)27)9-11-4-6-12(21)7-5-11/h2-8,25H,9-10,28H2,1H3. The normalized spacial score (nSPS) is 13.3. The van der Waals surface area contributed by atoms with Crippen LogP contribution in [-0.4, -0.2) is 40.1 Å². The van der Waals surface area contributed by atoms with Crippen molar-refractivity contribution in [1.29, 1.82) is 0 Å². The molecular formula is C20H17FN3O3P. The first kappa shape index (κ1) is 18.3. The molecule has 142 valence electrons. The summed E-state index contributed by atoms with van der Waals surface area (Å²) in [6.07, 6.45) is 2.04. The number of amides is 2. The molecule has 1 aliphatic heterocycles. The zero-order valence-electron chi connectivity index (χ0n) is 15.0. The molecule has 0 saturated heterocycles. The Morgan fingerprint density at radius 2 is 1.82 bits per heavy atom. The second-order valence-corrected chi connectivity index (χ2v) is 6.92. The molecule has 1 unspecified atom stereocenters. The fourth-order valence-electron chi connectivity index (χ4n) is 3.46. The number of aromatic nitrogens is 1. The number of carbonyl (C=O) groups excluding carboxylic acids is 2. The third-order valence-electron chi connectivity index (χ3n) is 4.84. The molecule has 1 N–H and O–H groups in total. The monoisotopic (exact) mass is 397 g/mol. The van der Waals surface area contributed by atoms with Crippen LogP contribution in [0.3, 0.4) is 0 Å². The first-order valence-electron chi connectivity index (χ1n) is 8.59. The lowest BCUT2D eigenvalue weighted by Crippen LogP contribution is -2.29. The van der Waals surface area contributed by atoms with Crippen LogP contribution in [0.2, 0.25) is 0 Å². The summed E-state index contributed by atoms with van der Waals surface area (Å²) in [6, 6.07) is 9.06. The molecule has 4 rings (SSSR count). The van der Waals surface area contributed by atoms with Crippen molar-refractivity contribution in [3.8, 4) is 5.75 Å². The van der Waals surface area contributed by atoms with Crippen molar-refractivity contribution in [2.75, 3.05) is 18.2 Å². The van der Waals surface area contributed by atoms with Gasteiger partial charge in [0.05, 0.1) is 23.4 Å². The Hall–Kier alpha value is -3.05. The number of halogens is 1. The number of anilines is 1. The summed E-state index contributed by atoms with van der Waals surface area (Å²) < 4.78 is 13.2. The van der Waals surface area contributed by atoms with E-state index in [4.69, 9.17) is 0 Å². The Kier molecular flexibility index (Phi) is 4.47. The molecule has 28 heavy (non-hydrogen) atoms. The predicted octanol–water partition coefficient (Wildman–Crippen LogP) is 3.14. The molecule has 0 spiro atoms. The van der Waals surface area contributed by atoms with Crippen molar-refractivity contribution in [2.24, 2.45) is 0 Å². The molecule has 1 atom stereocenters. The topological polar surface area (TPSA) is 73.7 Å². The van der Waals surface area contributed by atoms with Crippen LogP contribution < -0.4 is 4.90 Å². The minimum atomic E-state index is -0.590. The Morgan fingerprint density at radius 1 is 1.14 bits per heavy atom. The summed E-state index contributed by atoms with van der Waals surface area (Å²) in [5.41, 5.74) is 1.55. The zero-order valence-corrected chi connectivity index (χ0v) is 16.2. The van der Waals surface area contributed by atoms with Gasteiger partial charge in [0.2, 0.25) is 0 Å². The summed E-state index contributed by atoms with van der Waals surface area (Å²) in [4.78, 5) is 33.3. The third-order valence-corrected chi connectivity index (χ3v) is 5.39. The average Bonchev–Trinajstić information content (AvgIpc) is 2.95. The van der Waals surface area contributed by atoms with E-state index in [0.717, 1.165) is 4.90 Å². The van der Waals surface area contributed by atoms with Crippen molar-refractivity contribution < 1.29 is 19.1 Å². The number of hydrogen-bond donors (Lipinski definition) is 1. The molecule has 0 bridgehead atoms. The molecule has 2 aromatic carbocycles. The van der Waals surface area contributed by atoms with Crippen LogP contribution in [-0.2, 0) is 6.54 Å². The van der Waals surface area contributed by atoms with E-state index >= 15 is 0 Å². The summed E-state index contributed by atoms with van der Waals surface area (Å²) in [6.45, 7) is -0.0140. The third kappa shape index (κ3) is 2.70. The number of benzene rings is 2. The molecule has 3 aromatic rings. The lowest BCUT2D eigenvalue weighted by atomic mass is 10.0. The number of nitrogens with zero attached hydrogens (tertiary/aromatic N) is 3. The quantitative estimate of drug-likeness (QED) is 0.541. The molecule has 2 heterocycles. The van der Waals surface area contributed by atoms with Crippen LogP contribution in [0, 0.1) is 5.82 Å². The number of rotatable bonds is 4. The fraction of sp³-hybridized carbons (Fsp3) is 0.150. The first-order chi connectivity index (χ1) is 13.4. The van der Waals surface area contributed by atoms with Crippen LogP contribution in [0.25, 0.3) is 10.9 Å². The van der Waals surface area contributed by atoms with Gasteiger partial charge in [0.15, 0.2) is 5.75 Å². The van der Waals surface area contributed by atoms with Crippen LogP contribution >= 0.6 is 9.24 Å². The maximum absolute atomic E-state index is 13.2. The number of fused-ring (bicyclic) bond motifs is 2. The minimum Gasteiger partial charge on any atom is -0.505 e. The second-order valence-electron chi connectivity index (χ2n) is 6.55. The Balaban J connectivity index is 1.90. The van der Waals surface area contributed by atoms with E-state index in [1.807, 2.05) is 4.90 Å². The van der Waals surface area contributed by atoms with Crippen LogP contribution in [0.15, 0.2) is 42.6 Å². The summed E-state index contributed by atoms with van der Waals surface area (Å²) in [5, 5.41) is 11.3. The van der Waals surface area contributed by atoms with Gasteiger partial charge >= 0.3 is 0 Å². The van der Waals surface area contributed by atoms with Crippen LogP contribution in [0.5, 0.6) is 5.75 Å². The van der Waals surface area contributed by atoms with E-state index in [1.165, 1.54) is 30.5 Å². The first-order valence-corrected chi connectivity index (χ1v) is 9.41. The lowest BCUT2D eigenvalue weighted by Gasteiger charge is -2.22. The van der Waals surface area contributed by atoms with Gasteiger partial charge in [-0.05, 0) is 29.8 Å². The van der Waals surface area contributed by atoms with E-state index in [2.05, 4.69) is 14.2 Å². The predicted molar refractivity (Wildman–Crippen MR) is 107 cm³/mol. The lowest BCUT2D eigenvalue weighted by molar-refractivity contribution is 0.0642. The highest BCUT2D eigenvalue weighted by Gasteiger charge is 2.42. The molecule has 1 aliphatic rings. The number of phenolic OH excluding ortho intramolecular Hbond substituents is 1. The van der Waals surface area contributed by atoms with E-state index in [0.29, 0.717) is 22.9 Å².